The molecular formula is C18H24N6O5S. The van der Waals surface area contributed by atoms with Crippen LogP contribution in [-0.4, -0.2) is 38.0 Å². The highest BCUT2D eigenvalue weighted by Crippen LogP contribution is 2.24. The normalized spacial score (nSPS) is 11.0. The molecule has 0 bridgehead atoms. The molecular weight excluding hydrogens is 412 g/mol. The van der Waals surface area contributed by atoms with E-state index < -0.39 is 32.7 Å². The molecule has 0 atom stereocenters. The van der Waals surface area contributed by atoms with Gasteiger partial charge in [0.1, 0.15) is 13.2 Å². The summed E-state index contributed by atoms with van der Waals surface area (Å²) in [5.74, 6) is -0.787. The zero-order chi connectivity index (χ0) is 22.5. The predicted molar refractivity (Wildman–Crippen MR) is 111 cm³/mol. The van der Waals surface area contributed by atoms with Gasteiger partial charge in [0.05, 0.1) is 17.1 Å². The summed E-state index contributed by atoms with van der Waals surface area (Å²) in [7, 11) is -4.18. The molecule has 0 spiro atoms. The summed E-state index contributed by atoms with van der Waals surface area (Å²) in [4.78, 5) is 29.3. The maximum Gasteiger partial charge on any atom is 0.272 e. The maximum absolute atomic E-state index is 13.0. The number of amides is 1. The molecule has 1 heterocycles. The highest BCUT2D eigenvalue weighted by Gasteiger charge is 2.27. The van der Waals surface area contributed by atoms with Crippen LogP contribution in [0, 0.1) is 13.8 Å². The number of oxime groups is 1. The predicted octanol–water partition coefficient (Wildman–Crippen LogP) is -0.799. The van der Waals surface area contributed by atoms with Gasteiger partial charge in [0.15, 0.2) is 4.90 Å². The maximum atomic E-state index is 13.0. The van der Waals surface area contributed by atoms with Gasteiger partial charge in [0.25, 0.3) is 5.56 Å². The monoisotopic (exact) mass is 436 g/mol. The van der Waals surface area contributed by atoms with E-state index in [9.17, 15) is 18.0 Å². The molecule has 0 saturated heterocycles. The number of carbonyl (C=O) groups excluding carboxylic acids is 1. The lowest BCUT2D eigenvalue weighted by atomic mass is 10.2. The van der Waals surface area contributed by atoms with Crippen LogP contribution < -0.4 is 28.1 Å². The van der Waals surface area contributed by atoms with Gasteiger partial charge in [-0.15, -0.1) is 0 Å². The van der Waals surface area contributed by atoms with Gasteiger partial charge in [-0.3, -0.25) is 9.59 Å². The van der Waals surface area contributed by atoms with Crippen LogP contribution in [0.15, 0.2) is 50.1 Å². The first-order chi connectivity index (χ1) is 14.0. The van der Waals surface area contributed by atoms with Gasteiger partial charge < -0.3 is 31.9 Å². The molecule has 11 nitrogen and oxygen atoms in total. The second kappa shape index (κ2) is 9.31. The molecule has 0 saturated carbocycles. The van der Waals surface area contributed by atoms with Crippen LogP contribution in [0.3, 0.4) is 0 Å². The lowest BCUT2D eigenvalue weighted by Crippen LogP contribution is -2.37. The van der Waals surface area contributed by atoms with Crippen molar-refractivity contribution in [3.05, 3.63) is 51.9 Å². The third-order valence-electron chi connectivity index (χ3n) is 4.05. The smallest absolute Gasteiger partial charge is 0.272 e. The van der Waals surface area contributed by atoms with E-state index in [0.29, 0.717) is 11.3 Å². The Bertz CT molecular complexity index is 1140. The van der Waals surface area contributed by atoms with Crippen molar-refractivity contribution >= 4 is 27.4 Å². The van der Waals surface area contributed by atoms with Crippen LogP contribution in [0.1, 0.15) is 11.3 Å². The summed E-state index contributed by atoms with van der Waals surface area (Å²) in [6, 6.07) is 7.48. The number of hydrogen-bond acceptors (Lipinski definition) is 7. The number of nitrogen functional groups attached to an aromatic ring is 1. The minimum Gasteiger partial charge on any atom is -0.397 e. The largest absolute Gasteiger partial charge is 0.397 e. The molecule has 30 heavy (non-hydrogen) atoms. The molecule has 162 valence electrons. The summed E-state index contributed by atoms with van der Waals surface area (Å²) in [5, 5.41) is 5.82. The van der Waals surface area contributed by atoms with Crippen LogP contribution in [-0.2, 0) is 26.0 Å². The Hall–Kier alpha value is -3.54. The highest BCUT2D eigenvalue weighted by molar-refractivity contribution is 7.91. The fourth-order valence-electron chi connectivity index (χ4n) is 2.70. The molecule has 0 aliphatic carbocycles. The number of anilines is 1. The summed E-state index contributed by atoms with van der Waals surface area (Å²) < 4.78 is 27.1. The number of aromatic nitrogens is 1. The van der Waals surface area contributed by atoms with Crippen molar-refractivity contribution < 1.29 is 18.0 Å². The molecule has 0 radical (unpaired) electrons. The van der Waals surface area contributed by atoms with Gasteiger partial charge in [-0.2, -0.15) is 0 Å². The van der Waals surface area contributed by atoms with Crippen LogP contribution in [0.2, 0.25) is 0 Å². The number of rotatable bonds is 8. The number of nitrogens with one attached hydrogen (secondary N) is 1. The Kier molecular flexibility index (Phi) is 7.06. The first-order valence-corrected chi connectivity index (χ1v) is 10.3. The van der Waals surface area contributed by atoms with Gasteiger partial charge in [0, 0.05) is 5.69 Å². The Morgan fingerprint density at radius 3 is 2.57 bits per heavy atom. The molecule has 0 fully saturated rings. The Balaban J connectivity index is 2.30. The lowest BCUT2D eigenvalue weighted by molar-refractivity contribution is -0.122. The van der Waals surface area contributed by atoms with Crippen molar-refractivity contribution in [3.8, 4) is 0 Å². The number of nitrogens with zero attached hydrogens (tertiary/aromatic N) is 2. The van der Waals surface area contributed by atoms with Gasteiger partial charge in [0.2, 0.25) is 21.7 Å². The number of nitrogens with two attached hydrogens (primary N) is 3. The highest BCUT2D eigenvalue weighted by atomic mass is 32.2. The third kappa shape index (κ3) is 5.29. The van der Waals surface area contributed by atoms with Crippen molar-refractivity contribution in [2.45, 2.75) is 30.2 Å². The Morgan fingerprint density at radius 1 is 1.23 bits per heavy atom. The number of carbonyl (C=O) groups is 1. The SMILES string of the molecule is Cc1cccc(S(=O)(=O)c2c(N)cc(C)n(CC(=O)NCCON=C(N)N)c2=O)c1. The summed E-state index contributed by atoms with van der Waals surface area (Å²) in [5.41, 5.74) is 16.1. The van der Waals surface area contributed by atoms with E-state index in [4.69, 9.17) is 22.0 Å². The van der Waals surface area contributed by atoms with Gasteiger partial charge in [-0.1, -0.05) is 12.1 Å². The first-order valence-electron chi connectivity index (χ1n) is 8.83. The summed E-state index contributed by atoms with van der Waals surface area (Å²) in [6.07, 6.45) is 0. The number of benzene rings is 1. The minimum atomic E-state index is -4.18. The van der Waals surface area contributed by atoms with E-state index in [1.807, 2.05) is 0 Å². The Morgan fingerprint density at radius 2 is 1.93 bits per heavy atom. The van der Waals surface area contributed by atoms with Gasteiger partial charge in [-0.05, 0) is 42.8 Å². The van der Waals surface area contributed by atoms with E-state index >= 15 is 0 Å². The van der Waals surface area contributed by atoms with E-state index in [0.717, 1.165) is 4.57 Å². The van der Waals surface area contributed by atoms with Gasteiger partial charge >= 0.3 is 0 Å². The van der Waals surface area contributed by atoms with Crippen molar-refractivity contribution in [2.75, 3.05) is 18.9 Å². The van der Waals surface area contributed by atoms with Crippen molar-refractivity contribution in [1.29, 1.82) is 0 Å². The molecule has 1 aromatic heterocycles. The first kappa shape index (κ1) is 22.7. The molecule has 2 aromatic rings. The summed E-state index contributed by atoms with van der Waals surface area (Å²) in [6.45, 7) is 2.97. The zero-order valence-corrected chi connectivity index (χ0v) is 17.4. The number of aryl methyl sites for hydroxylation is 2. The molecule has 0 aliphatic heterocycles. The van der Waals surface area contributed by atoms with Crippen molar-refractivity contribution in [2.24, 2.45) is 16.6 Å². The Labute approximate surface area is 173 Å². The molecule has 1 amide bonds. The van der Waals surface area contributed by atoms with E-state index in [1.165, 1.54) is 18.2 Å². The molecule has 12 heteroatoms. The van der Waals surface area contributed by atoms with Crippen LogP contribution >= 0.6 is 0 Å². The van der Waals surface area contributed by atoms with Crippen LogP contribution in [0.5, 0.6) is 0 Å². The number of guanidine groups is 1. The average Bonchev–Trinajstić information content (AvgIpc) is 2.64. The molecule has 0 unspecified atom stereocenters. The van der Waals surface area contributed by atoms with Gasteiger partial charge in [-0.25, -0.2) is 8.42 Å². The fourth-order valence-corrected chi connectivity index (χ4v) is 4.24. The quantitative estimate of drug-likeness (QED) is 0.179. The zero-order valence-electron chi connectivity index (χ0n) is 16.6. The van der Waals surface area contributed by atoms with E-state index in [1.54, 1.807) is 26.0 Å². The number of sulfone groups is 1. The number of pyridine rings is 1. The van der Waals surface area contributed by atoms with E-state index in [-0.39, 0.29) is 29.7 Å². The minimum absolute atomic E-state index is 0.00620. The van der Waals surface area contributed by atoms with Crippen LogP contribution in [0.25, 0.3) is 0 Å². The fraction of sp³-hybridized carbons (Fsp3) is 0.278. The lowest BCUT2D eigenvalue weighted by Gasteiger charge is -2.15. The van der Waals surface area contributed by atoms with E-state index in [2.05, 4.69) is 10.5 Å². The third-order valence-corrected chi connectivity index (χ3v) is 5.87. The van der Waals surface area contributed by atoms with Crippen LogP contribution in [0.4, 0.5) is 5.69 Å². The molecule has 1 aromatic carbocycles. The van der Waals surface area contributed by atoms with Crippen molar-refractivity contribution in [1.82, 2.24) is 9.88 Å². The molecule has 2 rings (SSSR count). The summed E-state index contributed by atoms with van der Waals surface area (Å²) >= 11 is 0. The number of hydrogen-bond donors (Lipinski definition) is 4. The second-order valence-corrected chi connectivity index (χ2v) is 8.37. The standard InChI is InChI=1S/C18H24N6O5S/c1-11-4-3-5-13(8-11)30(27,28)16-14(19)9-12(2)24(17(16)26)10-15(25)22-6-7-29-23-18(20)21/h3-5,8-9H,6-7,10,19H2,1-2H3,(H,22,25)(H4,20,21,23). The molecule has 0 aliphatic rings. The molecule has 7 N–H and O–H groups in total. The average molecular weight is 436 g/mol. The topological polar surface area (TPSA) is 185 Å². The second-order valence-electron chi connectivity index (χ2n) is 6.48. The van der Waals surface area contributed by atoms with Crippen molar-refractivity contribution in [3.63, 3.8) is 0 Å².